The molecule has 7 nitrogen and oxygen atoms in total. The summed E-state index contributed by atoms with van der Waals surface area (Å²) in [6.07, 6.45) is -0.984. The van der Waals surface area contributed by atoms with Crippen LogP contribution in [-0.2, 0) is 9.53 Å². The van der Waals surface area contributed by atoms with E-state index >= 15 is 0 Å². The zero-order valence-corrected chi connectivity index (χ0v) is 14.3. The molecule has 0 aliphatic carbocycles. The lowest BCUT2D eigenvalue weighted by molar-refractivity contribution is -0.148. The lowest BCUT2D eigenvalue weighted by Crippen LogP contribution is -2.31. The molecule has 0 amide bonds. The van der Waals surface area contributed by atoms with Crippen molar-refractivity contribution in [2.45, 2.75) is 18.9 Å². The summed E-state index contributed by atoms with van der Waals surface area (Å²) in [4.78, 5) is 24.6. The van der Waals surface area contributed by atoms with E-state index in [4.69, 9.17) is 23.4 Å². The van der Waals surface area contributed by atoms with Crippen LogP contribution in [0.25, 0.3) is 0 Å². The molecule has 0 spiro atoms. The number of benzene rings is 1. The highest BCUT2D eigenvalue weighted by Gasteiger charge is 2.44. The second-order valence-electron chi connectivity index (χ2n) is 5.58. The number of hydrogen-bond donors (Lipinski definition) is 0. The third kappa shape index (κ3) is 2.82. The zero-order chi connectivity index (χ0) is 18.1. The Labute approximate surface area is 144 Å². The Balaban J connectivity index is 2.18. The summed E-state index contributed by atoms with van der Waals surface area (Å²) >= 11 is 0. The van der Waals surface area contributed by atoms with Crippen LogP contribution in [0.15, 0.2) is 33.5 Å². The van der Waals surface area contributed by atoms with E-state index in [9.17, 15) is 9.59 Å². The molecular weight excluding hydrogens is 328 g/mol. The van der Waals surface area contributed by atoms with Crippen molar-refractivity contribution in [3.8, 4) is 17.2 Å². The predicted octanol–water partition coefficient (Wildman–Crippen LogP) is 2.03. The van der Waals surface area contributed by atoms with Crippen molar-refractivity contribution in [3.63, 3.8) is 0 Å². The molecule has 0 fully saturated rings. The van der Waals surface area contributed by atoms with Crippen LogP contribution >= 0.6 is 0 Å². The van der Waals surface area contributed by atoms with E-state index in [2.05, 4.69) is 0 Å². The van der Waals surface area contributed by atoms with Crippen LogP contribution in [0, 0.1) is 6.92 Å². The minimum absolute atomic E-state index is 0.285. The quantitative estimate of drug-likeness (QED) is 0.783. The fourth-order valence-electron chi connectivity index (χ4n) is 3.02. The molecular formula is C18H18O7. The summed E-state index contributed by atoms with van der Waals surface area (Å²) in [5.74, 6) is 0.501. The van der Waals surface area contributed by atoms with Gasteiger partial charge in [-0.1, -0.05) is 6.07 Å². The van der Waals surface area contributed by atoms with Gasteiger partial charge in [-0.3, -0.25) is 0 Å². The van der Waals surface area contributed by atoms with Crippen LogP contribution < -0.4 is 19.8 Å². The summed E-state index contributed by atoms with van der Waals surface area (Å²) in [5, 5.41) is 0. The normalized spacial score (nSPS) is 18.2. The first-order valence-corrected chi connectivity index (χ1v) is 7.61. The van der Waals surface area contributed by atoms with Crippen LogP contribution in [0.1, 0.15) is 22.8 Å². The van der Waals surface area contributed by atoms with Gasteiger partial charge in [0.2, 0.25) is 6.10 Å². The fraction of sp³-hybridized carbons (Fsp3) is 0.333. The Hall–Kier alpha value is -2.96. The standard InChI is InChI=1S/C18H18O7/c1-9-7-13-15(17(19)24-9)14(16(25-13)18(20)23-4)10-5-6-11(21-2)12(8-10)22-3/h5-8,14,16H,1-4H3/t14-,16+/m0/s1. The summed E-state index contributed by atoms with van der Waals surface area (Å²) in [6.45, 7) is 1.64. The molecule has 0 saturated heterocycles. The average molecular weight is 346 g/mol. The molecule has 0 radical (unpaired) electrons. The maximum atomic E-state index is 12.4. The lowest BCUT2D eigenvalue weighted by Gasteiger charge is -2.18. The maximum absolute atomic E-state index is 12.4. The fourth-order valence-corrected chi connectivity index (χ4v) is 3.02. The topological polar surface area (TPSA) is 84.2 Å². The first-order chi connectivity index (χ1) is 12.0. The average Bonchev–Trinajstić information content (AvgIpc) is 2.99. The van der Waals surface area contributed by atoms with E-state index < -0.39 is 23.6 Å². The molecule has 1 aromatic carbocycles. The number of carbonyl (C=O) groups is 1. The highest BCUT2D eigenvalue weighted by atomic mass is 16.6. The predicted molar refractivity (Wildman–Crippen MR) is 87.5 cm³/mol. The second-order valence-corrected chi connectivity index (χ2v) is 5.58. The van der Waals surface area contributed by atoms with Gasteiger partial charge in [0.15, 0.2) is 11.5 Å². The minimum Gasteiger partial charge on any atom is -0.493 e. The molecule has 7 heteroatoms. The van der Waals surface area contributed by atoms with Crippen LogP contribution in [0.5, 0.6) is 17.2 Å². The Kier molecular flexibility index (Phi) is 4.39. The van der Waals surface area contributed by atoms with Crippen molar-refractivity contribution in [1.29, 1.82) is 0 Å². The van der Waals surface area contributed by atoms with Crippen LogP contribution in [0.4, 0.5) is 0 Å². The lowest BCUT2D eigenvalue weighted by atomic mass is 9.88. The van der Waals surface area contributed by atoms with Crippen molar-refractivity contribution >= 4 is 5.97 Å². The number of fused-ring (bicyclic) bond motifs is 1. The molecule has 0 saturated carbocycles. The van der Waals surface area contributed by atoms with Crippen molar-refractivity contribution < 1.29 is 28.2 Å². The van der Waals surface area contributed by atoms with E-state index in [0.717, 1.165) is 0 Å². The molecule has 0 N–H and O–H groups in total. The summed E-state index contributed by atoms with van der Waals surface area (Å²) in [7, 11) is 4.31. The number of ether oxygens (including phenoxy) is 4. The molecule has 2 atom stereocenters. The third-order valence-corrected chi connectivity index (χ3v) is 4.14. The number of hydrogen-bond acceptors (Lipinski definition) is 7. The Morgan fingerprint density at radius 1 is 1.08 bits per heavy atom. The smallest absolute Gasteiger partial charge is 0.348 e. The van der Waals surface area contributed by atoms with Gasteiger partial charge in [-0.2, -0.15) is 0 Å². The molecule has 1 aliphatic rings. The molecule has 3 rings (SSSR count). The Morgan fingerprint density at radius 3 is 2.44 bits per heavy atom. The highest BCUT2D eigenvalue weighted by molar-refractivity contribution is 5.79. The number of esters is 1. The van der Waals surface area contributed by atoms with Gasteiger partial charge in [0.1, 0.15) is 11.5 Å². The van der Waals surface area contributed by atoms with Gasteiger partial charge in [0.05, 0.1) is 32.8 Å². The first kappa shape index (κ1) is 16.9. The largest absolute Gasteiger partial charge is 0.493 e. The highest BCUT2D eigenvalue weighted by Crippen LogP contribution is 2.43. The molecule has 0 bridgehead atoms. The number of aryl methyl sites for hydroxylation is 1. The van der Waals surface area contributed by atoms with Gasteiger partial charge in [-0.25, -0.2) is 9.59 Å². The first-order valence-electron chi connectivity index (χ1n) is 7.61. The van der Waals surface area contributed by atoms with Gasteiger partial charge >= 0.3 is 11.6 Å². The SMILES string of the molecule is COC(=O)[C@@H]1Oc2cc(C)oc(=O)c2[C@@H]1c1ccc(OC)c(OC)c1. The van der Waals surface area contributed by atoms with E-state index in [1.54, 1.807) is 31.2 Å². The molecule has 2 heterocycles. The van der Waals surface area contributed by atoms with E-state index in [1.807, 2.05) is 0 Å². The minimum atomic E-state index is -0.984. The number of methoxy groups -OCH3 is 3. The van der Waals surface area contributed by atoms with Crippen LogP contribution in [0.2, 0.25) is 0 Å². The molecule has 2 aromatic rings. The molecule has 0 unspecified atom stereocenters. The molecule has 25 heavy (non-hydrogen) atoms. The molecule has 1 aromatic heterocycles. The Bertz CT molecular complexity index is 868. The van der Waals surface area contributed by atoms with Gasteiger partial charge in [0.25, 0.3) is 0 Å². The van der Waals surface area contributed by atoms with E-state index in [0.29, 0.717) is 28.6 Å². The summed E-state index contributed by atoms with van der Waals surface area (Å²) in [6, 6.07) is 6.75. The number of carbonyl (C=O) groups excluding carboxylic acids is 1. The molecule has 1 aliphatic heterocycles. The van der Waals surface area contributed by atoms with Gasteiger partial charge in [-0.05, 0) is 24.6 Å². The summed E-state index contributed by atoms with van der Waals surface area (Å²) in [5.41, 5.74) is 0.400. The summed E-state index contributed by atoms with van der Waals surface area (Å²) < 4.78 is 26.3. The van der Waals surface area contributed by atoms with Gasteiger partial charge in [0, 0.05) is 6.07 Å². The Morgan fingerprint density at radius 2 is 1.80 bits per heavy atom. The van der Waals surface area contributed by atoms with Crippen LogP contribution in [-0.4, -0.2) is 33.4 Å². The van der Waals surface area contributed by atoms with Crippen molar-refractivity contribution in [2.24, 2.45) is 0 Å². The zero-order valence-electron chi connectivity index (χ0n) is 14.3. The third-order valence-electron chi connectivity index (χ3n) is 4.14. The van der Waals surface area contributed by atoms with Crippen molar-refractivity contribution in [3.05, 3.63) is 51.6 Å². The second kappa shape index (κ2) is 6.51. The van der Waals surface area contributed by atoms with E-state index in [1.165, 1.54) is 21.3 Å². The maximum Gasteiger partial charge on any atom is 0.348 e. The van der Waals surface area contributed by atoms with Crippen molar-refractivity contribution in [2.75, 3.05) is 21.3 Å². The molecule has 132 valence electrons. The van der Waals surface area contributed by atoms with Gasteiger partial charge in [-0.15, -0.1) is 0 Å². The van der Waals surface area contributed by atoms with Crippen LogP contribution in [0.3, 0.4) is 0 Å². The van der Waals surface area contributed by atoms with E-state index in [-0.39, 0.29) is 5.56 Å². The number of rotatable bonds is 4. The monoisotopic (exact) mass is 346 g/mol. The van der Waals surface area contributed by atoms with Crippen molar-refractivity contribution in [1.82, 2.24) is 0 Å². The van der Waals surface area contributed by atoms with Gasteiger partial charge < -0.3 is 23.4 Å².